The first-order valence-electron chi connectivity index (χ1n) is 8.06. The van der Waals surface area contributed by atoms with E-state index in [9.17, 15) is 0 Å². The average molecular weight is 317 g/mol. The van der Waals surface area contributed by atoms with Gasteiger partial charge in [-0.15, -0.1) is 0 Å². The second kappa shape index (κ2) is 8.34. The third-order valence-electron chi connectivity index (χ3n) is 3.99. The molecule has 1 aliphatic heterocycles. The Labute approximate surface area is 136 Å². The van der Waals surface area contributed by atoms with Gasteiger partial charge in [0.05, 0.1) is 0 Å². The van der Waals surface area contributed by atoms with Crippen LogP contribution in [0.1, 0.15) is 42.5 Å². The van der Waals surface area contributed by atoms with Crippen molar-refractivity contribution >= 4 is 11.8 Å². The molecular formula is C17H23N3OS. The topological polar surface area (TPSA) is 51.0 Å². The number of hydrogen-bond acceptors (Lipinski definition) is 5. The molecule has 0 amide bonds. The smallest absolute Gasteiger partial charge is 0.227 e. The molecule has 5 heteroatoms. The van der Waals surface area contributed by atoms with Gasteiger partial charge in [0.15, 0.2) is 5.82 Å². The zero-order valence-corrected chi connectivity index (χ0v) is 13.6. The molecule has 1 atom stereocenters. The Balaban J connectivity index is 1.43. The molecule has 22 heavy (non-hydrogen) atoms. The van der Waals surface area contributed by atoms with E-state index < -0.39 is 0 Å². The Hall–Kier alpha value is -1.33. The molecule has 1 aliphatic rings. The monoisotopic (exact) mass is 317 g/mol. The van der Waals surface area contributed by atoms with Crippen LogP contribution in [0.5, 0.6) is 0 Å². The van der Waals surface area contributed by atoms with Crippen LogP contribution in [0.3, 0.4) is 0 Å². The zero-order valence-electron chi connectivity index (χ0n) is 12.8. The van der Waals surface area contributed by atoms with Crippen LogP contribution in [-0.2, 0) is 13.0 Å². The molecule has 2 aromatic rings. The summed E-state index contributed by atoms with van der Waals surface area (Å²) in [7, 11) is 0. The lowest BCUT2D eigenvalue weighted by atomic mass is 10.0. The molecule has 2 heterocycles. The fourth-order valence-electron chi connectivity index (χ4n) is 2.72. The highest BCUT2D eigenvalue weighted by atomic mass is 32.2. The second-order valence-corrected chi connectivity index (χ2v) is 6.92. The summed E-state index contributed by atoms with van der Waals surface area (Å²) in [4.78, 5) is 4.59. The van der Waals surface area contributed by atoms with Gasteiger partial charge in [-0.2, -0.15) is 16.7 Å². The van der Waals surface area contributed by atoms with E-state index in [1.165, 1.54) is 36.3 Å². The summed E-state index contributed by atoms with van der Waals surface area (Å²) in [5.74, 6) is 4.65. The third kappa shape index (κ3) is 4.58. The Morgan fingerprint density at radius 1 is 1.18 bits per heavy atom. The second-order valence-electron chi connectivity index (χ2n) is 5.70. The first-order valence-corrected chi connectivity index (χ1v) is 9.22. The van der Waals surface area contributed by atoms with E-state index in [0.717, 1.165) is 31.2 Å². The summed E-state index contributed by atoms with van der Waals surface area (Å²) in [6.45, 7) is 1.73. The van der Waals surface area contributed by atoms with Crippen LogP contribution in [0, 0.1) is 0 Å². The highest BCUT2D eigenvalue weighted by Gasteiger charge is 2.19. The maximum atomic E-state index is 5.40. The standard InChI is InChI=1S/C17H23N3OS/c1-2-5-14(6-3-1)13-18-10-8-16-19-17(20-21-16)15-7-4-11-22-12-9-15/h1-3,5-6,15,18H,4,7-13H2/t15-/m0/s1. The van der Waals surface area contributed by atoms with E-state index in [1.807, 2.05) is 17.8 Å². The van der Waals surface area contributed by atoms with E-state index in [1.54, 1.807) is 0 Å². The van der Waals surface area contributed by atoms with Crippen LogP contribution in [0.25, 0.3) is 0 Å². The number of benzene rings is 1. The number of nitrogens with one attached hydrogen (secondary N) is 1. The van der Waals surface area contributed by atoms with E-state index >= 15 is 0 Å². The van der Waals surface area contributed by atoms with Crippen molar-refractivity contribution in [3.8, 4) is 0 Å². The minimum Gasteiger partial charge on any atom is -0.339 e. The van der Waals surface area contributed by atoms with Crippen molar-refractivity contribution in [2.45, 2.75) is 38.1 Å². The number of nitrogens with zero attached hydrogens (tertiary/aromatic N) is 2. The number of aromatic nitrogens is 2. The van der Waals surface area contributed by atoms with E-state index in [-0.39, 0.29) is 0 Å². The molecule has 0 bridgehead atoms. The average Bonchev–Trinajstić information content (AvgIpc) is 2.86. The minimum absolute atomic E-state index is 0.491. The summed E-state index contributed by atoms with van der Waals surface area (Å²) in [6.07, 6.45) is 4.42. The predicted molar refractivity (Wildman–Crippen MR) is 90.1 cm³/mol. The molecule has 1 aromatic heterocycles. The summed E-state index contributed by atoms with van der Waals surface area (Å²) in [5.41, 5.74) is 1.30. The van der Waals surface area contributed by atoms with Crippen molar-refractivity contribution in [2.75, 3.05) is 18.1 Å². The van der Waals surface area contributed by atoms with E-state index in [4.69, 9.17) is 4.52 Å². The lowest BCUT2D eigenvalue weighted by Crippen LogP contribution is -2.16. The van der Waals surface area contributed by atoms with Gasteiger partial charge in [0.2, 0.25) is 5.89 Å². The van der Waals surface area contributed by atoms with Crippen LogP contribution in [-0.4, -0.2) is 28.2 Å². The van der Waals surface area contributed by atoms with Gasteiger partial charge in [0.1, 0.15) is 0 Å². The van der Waals surface area contributed by atoms with Gasteiger partial charge in [-0.1, -0.05) is 35.5 Å². The molecule has 0 radical (unpaired) electrons. The van der Waals surface area contributed by atoms with Gasteiger partial charge in [0, 0.05) is 25.4 Å². The Kier molecular flexibility index (Phi) is 5.90. The van der Waals surface area contributed by atoms with Gasteiger partial charge >= 0.3 is 0 Å². The van der Waals surface area contributed by atoms with Crippen molar-refractivity contribution in [1.82, 2.24) is 15.5 Å². The molecule has 1 N–H and O–H groups in total. The first kappa shape index (κ1) is 15.6. The molecule has 0 saturated carbocycles. The SMILES string of the molecule is c1ccc(CNCCc2nc([C@H]3CCCSCC3)no2)cc1. The fraction of sp³-hybridized carbons (Fsp3) is 0.529. The Morgan fingerprint density at radius 2 is 2.09 bits per heavy atom. The molecule has 4 nitrogen and oxygen atoms in total. The predicted octanol–water partition coefficient (Wildman–Crippen LogP) is 3.40. The maximum absolute atomic E-state index is 5.40. The van der Waals surface area contributed by atoms with Crippen molar-refractivity contribution in [1.29, 1.82) is 0 Å². The normalized spacial score (nSPS) is 19.0. The van der Waals surface area contributed by atoms with Crippen LogP contribution in [0.4, 0.5) is 0 Å². The Bertz CT molecular complexity index is 550. The molecule has 1 aromatic carbocycles. The number of rotatable bonds is 6. The highest BCUT2D eigenvalue weighted by molar-refractivity contribution is 7.99. The quantitative estimate of drug-likeness (QED) is 0.828. The summed E-state index contributed by atoms with van der Waals surface area (Å²) < 4.78 is 5.40. The molecule has 0 aliphatic carbocycles. The third-order valence-corrected chi connectivity index (χ3v) is 5.09. The molecular weight excluding hydrogens is 294 g/mol. The van der Waals surface area contributed by atoms with E-state index in [2.05, 4.69) is 39.7 Å². The minimum atomic E-state index is 0.491. The number of hydrogen-bond donors (Lipinski definition) is 1. The summed E-state index contributed by atoms with van der Waals surface area (Å²) in [6, 6.07) is 10.4. The largest absolute Gasteiger partial charge is 0.339 e. The van der Waals surface area contributed by atoms with Crippen LogP contribution in [0.15, 0.2) is 34.9 Å². The van der Waals surface area contributed by atoms with Gasteiger partial charge in [-0.25, -0.2) is 0 Å². The highest BCUT2D eigenvalue weighted by Crippen LogP contribution is 2.28. The van der Waals surface area contributed by atoms with Crippen molar-refractivity contribution in [3.05, 3.63) is 47.6 Å². The lowest BCUT2D eigenvalue weighted by molar-refractivity contribution is 0.365. The molecule has 3 rings (SSSR count). The molecule has 1 saturated heterocycles. The maximum Gasteiger partial charge on any atom is 0.227 e. The Morgan fingerprint density at radius 3 is 3.00 bits per heavy atom. The van der Waals surface area contributed by atoms with Gasteiger partial charge in [0.25, 0.3) is 0 Å². The van der Waals surface area contributed by atoms with Gasteiger partial charge in [-0.05, 0) is 36.3 Å². The lowest BCUT2D eigenvalue weighted by Gasteiger charge is -2.06. The summed E-state index contributed by atoms with van der Waals surface area (Å²) in [5, 5.41) is 7.61. The molecule has 1 fully saturated rings. The zero-order chi connectivity index (χ0) is 15.0. The van der Waals surface area contributed by atoms with Crippen LogP contribution >= 0.6 is 11.8 Å². The van der Waals surface area contributed by atoms with Crippen LogP contribution < -0.4 is 5.32 Å². The van der Waals surface area contributed by atoms with Gasteiger partial charge in [-0.3, -0.25) is 0 Å². The molecule has 0 spiro atoms. The van der Waals surface area contributed by atoms with Crippen molar-refractivity contribution in [2.24, 2.45) is 0 Å². The first-order chi connectivity index (χ1) is 10.9. The van der Waals surface area contributed by atoms with E-state index in [0.29, 0.717) is 5.92 Å². The van der Waals surface area contributed by atoms with Crippen molar-refractivity contribution in [3.63, 3.8) is 0 Å². The van der Waals surface area contributed by atoms with Gasteiger partial charge < -0.3 is 9.84 Å². The fourth-order valence-corrected chi connectivity index (χ4v) is 3.75. The van der Waals surface area contributed by atoms with Crippen molar-refractivity contribution < 1.29 is 4.52 Å². The van der Waals surface area contributed by atoms with Crippen LogP contribution in [0.2, 0.25) is 0 Å². The summed E-state index contributed by atoms with van der Waals surface area (Å²) >= 11 is 2.04. The molecule has 0 unspecified atom stereocenters. The molecule has 118 valence electrons. The number of thioether (sulfide) groups is 1.